The number of ether oxygens (including phenoxy) is 1. The van der Waals surface area contributed by atoms with Gasteiger partial charge in [0.15, 0.2) is 20.5 Å². The van der Waals surface area contributed by atoms with Crippen molar-refractivity contribution in [2.24, 2.45) is 4.99 Å². The Morgan fingerprint density at radius 2 is 2.10 bits per heavy atom. The number of amides is 2. The molecule has 0 spiro atoms. The molecule has 0 radical (unpaired) electrons. The highest BCUT2D eigenvalue weighted by molar-refractivity contribution is 7.92. The molecule has 2 aromatic heterocycles. The number of anilines is 1. The monoisotopic (exact) mass is 470 g/mol. The number of hydrogen-bond acceptors (Lipinski definition) is 8. The molecule has 13 heteroatoms. The van der Waals surface area contributed by atoms with Crippen molar-refractivity contribution in [3.63, 3.8) is 0 Å². The quantitative estimate of drug-likeness (QED) is 0.524. The molecular formula is C18H19FN4O6S2. The highest BCUT2D eigenvalue weighted by Gasteiger charge is 2.22. The maximum absolute atomic E-state index is 13.5. The second kappa shape index (κ2) is 9.49. The zero-order valence-corrected chi connectivity index (χ0v) is 18.3. The molecule has 31 heavy (non-hydrogen) atoms. The van der Waals surface area contributed by atoms with E-state index in [-0.39, 0.29) is 10.6 Å². The van der Waals surface area contributed by atoms with Gasteiger partial charge in [-0.05, 0) is 25.1 Å². The zero-order valence-electron chi connectivity index (χ0n) is 16.6. The minimum absolute atomic E-state index is 0.0745. The van der Waals surface area contributed by atoms with Crippen LogP contribution in [0, 0.1) is 12.7 Å². The van der Waals surface area contributed by atoms with Gasteiger partial charge in [0.2, 0.25) is 5.91 Å². The second-order valence-electron chi connectivity index (χ2n) is 6.55. The van der Waals surface area contributed by atoms with Crippen molar-refractivity contribution in [3.8, 4) is 0 Å². The third kappa shape index (κ3) is 6.06. The van der Waals surface area contributed by atoms with Crippen LogP contribution in [-0.4, -0.2) is 55.2 Å². The highest BCUT2D eigenvalue weighted by Crippen LogP contribution is 2.18. The molecular weight excluding hydrogens is 451 g/mol. The van der Waals surface area contributed by atoms with E-state index in [1.165, 1.54) is 25.3 Å². The van der Waals surface area contributed by atoms with Crippen molar-refractivity contribution in [2.45, 2.75) is 13.5 Å². The molecule has 2 amide bonds. The molecule has 0 saturated heterocycles. The van der Waals surface area contributed by atoms with Gasteiger partial charge in [-0.25, -0.2) is 12.8 Å². The lowest BCUT2D eigenvalue weighted by atomic mass is 10.3. The number of nitrogens with zero attached hydrogens (tertiary/aromatic N) is 3. The summed E-state index contributed by atoms with van der Waals surface area (Å²) < 4.78 is 50.1. The first-order valence-electron chi connectivity index (χ1n) is 8.96. The Hall–Kier alpha value is -2.90. The number of halogens is 1. The van der Waals surface area contributed by atoms with E-state index in [1.54, 1.807) is 17.6 Å². The fourth-order valence-electron chi connectivity index (χ4n) is 2.71. The summed E-state index contributed by atoms with van der Waals surface area (Å²) in [6, 6.07) is 5.56. The van der Waals surface area contributed by atoms with Gasteiger partial charge >= 0.3 is 0 Å². The number of nitrogens with one attached hydrogen (secondary N) is 1. The Bertz CT molecular complexity index is 1290. The molecule has 0 aliphatic rings. The Labute approximate surface area is 180 Å². The van der Waals surface area contributed by atoms with Crippen LogP contribution in [0.2, 0.25) is 0 Å². The Balaban J connectivity index is 1.77. The van der Waals surface area contributed by atoms with Crippen LogP contribution in [0.1, 0.15) is 5.76 Å². The molecule has 2 heterocycles. The third-order valence-electron chi connectivity index (χ3n) is 3.97. The summed E-state index contributed by atoms with van der Waals surface area (Å²) in [5, 5.41) is 5.82. The molecule has 3 rings (SSSR count). The van der Waals surface area contributed by atoms with Crippen LogP contribution in [0.25, 0.3) is 10.2 Å². The predicted octanol–water partition coefficient (Wildman–Crippen LogP) is 1.27. The van der Waals surface area contributed by atoms with Crippen molar-refractivity contribution in [3.05, 3.63) is 40.6 Å². The molecule has 1 N–H and O–H groups in total. The number of carbonyl (C=O) groups excluding carboxylic acids is 2. The van der Waals surface area contributed by atoms with Gasteiger partial charge in [0, 0.05) is 19.7 Å². The number of benzene rings is 1. The summed E-state index contributed by atoms with van der Waals surface area (Å²) in [7, 11) is -2.57. The standard InChI is InChI=1S/C18H19FN4O6S2/c1-11-7-15(22-29-11)20-16(24)9-31(26,27)10-17(25)21-18-23(5-6-28-2)13-4-3-12(19)8-14(13)30-18/h3-4,7-8H,5-6,9-10H2,1-2H3,(H,20,22,24). The maximum Gasteiger partial charge on any atom is 0.263 e. The van der Waals surface area contributed by atoms with Crippen LogP contribution in [-0.2, 0) is 30.7 Å². The van der Waals surface area contributed by atoms with E-state index in [4.69, 9.17) is 9.26 Å². The summed E-state index contributed by atoms with van der Waals surface area (Å²) in [5.41, 5.74) is 0.639. The number of hydrogen-bond donors (Lipinski definition) is 1. The molecule has 0 aliphatic heterocycles. The third-order valence-corrected chi connectivity index (χ3v) is 6.40. The normalized spacial score (nSPS) is 12.4. The van der Waals surface area contributed by atoms with Crippen molar-refractivity contribution in [1.82, 2.24) is 9.72 Å². The topological polar surface area (TPSA) is 133 Å². The first kappa shape index (κ1) is 22.8. The van der Waals surface area contributed by atoms with Crippen LogP contribution in [0.3, 0.4) is 0 Å². The molecule has 166 valence electrons. The van der Waals surface area contributed by atoms with Crippen molar-refractivity contribution < 1.29 is 31.7 Å². The summed E-state index contributed by atoms with van der Waals surface area (Å²) in [6.45, 7) is 2.26. The largest absolute Gasteiger partial charge is 0.383 e. The van der Waals surface area contributed by atoms with Crippen LogP contribution < -0.4 is 10.1 Å². The second-order valence-corrected chi connectivity index (χ2v) is 9.62. The zero-order chi connectivity index (χ0) is 22.6. The lowest BCUT2D eigenvalue weighted by molar-refractivity contribution is -0.115. The number of thiazole rings is 1. The summed E-state index contributed by atoms with van der Waals surface area (Å²) >= 11 is 1.05. The van der Waals surface area contributed by atoms with E-state index in [9.17, 15) is 22.4 Å². The van der Waals surface area contributed by atoms with E-state index >= 15 is 0 Å². The molecule has 1 aromatic carbocycles. The number of sulfone groups is 1. The Morgan fingerprint density at radius 3 is 2.77 bits per heavy atom. The summed E-state index contributed by atoms with van der Waals surface area (Å²) in [6.07, 6.45) is 0. The smallest absolute Gasteiger partial charge is 0.263 e. The van der Waals surface area contributed by atoms with Gasteiger partial charge in [0.25, 0.3) is 5.91 Å². The number of rotatable bonds is 8. The molecule has 0 bridgehead atoms. The molecule has 0 unspecified atom stereocenters. The molecule has 0 fully saturated rings. The number of carbonyl (C=O) groups is 2. The van der Waals surface area contributed by atoms with Crippen LogP contribution >= 0.6 is 11.3 Å². The lowest BCUT2D eigenvalue weighted by Crippen LogP contribution is -2.28. The Morgan fingerprint density at radius 1 is 1.32 bits per heavy atom. The van der Waals surface area contributed by atoms with Gasteiger partial charge in [-0.1, -0.05) is 16.5 Å². The van der Waals surface area contributed by atoms with Crippen LogP contribution in [0.4, 0.5) is 10.2 Å². The number of aryl methyl sites for hydroxylation is 1. The van der Waals surface area contributed by atoms with Crippen LogP contribution in [0.15, 0.2) is 33.8 Å². The van der Waals surface area contributed by atoms with Crippen molar-refractivity contribution >= 4 is 49.0 Å². The van der Waals surface area contributed by atoms with E-state index < -0.39 is 39.0 Å². The van der Waals surface area contributed by atoms with E-state index in [2.05, 4.69) is 15.5 Å². The maximum atomic E-state index is 13.5. The molecule has 10 nitrogen and oxygen atoms in total. The summed E-state index contributed by atoms with van der Waals surface area (Å²) in [5.74, 6) is -3.59. The van der Waals surface area contributed by atoms with Gasteiger partial charge < -0.3 is 19.1 Å². The van der Waals surface area contributed by atoms with E-state index in [1.807, 2.05) is 0 Å². The van der Waals surface area contributed by atoms with E-state index in [0.29, 0.717) is 29.1 Å². The first-order chi connectivity index (χ1) is 14.7. The minimum Gasteiger partial charge on any atom is -0.383 e. The fraction of sp³-hybridized carbons (Fsp3) is 0.333. The lowest BCUT2D eigenvalue weighted by Gasteiger charge is -2.04. The van der Waals surface area contributed by atoms with Gasteiger partial charge in [-0.3, -0.25) is 9.59 Å². The molecule has 3 aromatic rings. The average molecular weight is 471 g/mol. The SMILES string of the molecule is COCCn1c(=NC(=O)CS(=O)(=O)CC(=O)Nc2cc(C)on2)sc2cc(F)ccc21. The van der Waals surface area contributed by atoms with Gasteiger partial charge in [0.1, 0.15) is 23.1 Å². The van der Waals surface area contributed by atoms with Gasteiger partial charge in [-0.2, -0.15) is 4.99 Å². The summed E-state index contributed by atoms with van der Waals surface area (Å²) in [4.78, 5) is 28.4. The average Bonchev–Trinajstić information content (AvgIpc) is 3.20. The van der Waals surface area contributed by atoms with Crippen molar-refractivity contribution in [2.75, 3.05) is 30.5 Å². The number of aromatic nitrogens is 2. The number of fused-ring (bicyclic) bond motifs is 1. The predicted molar refractivity (Wildman–Crippen MR) is 111 cm³/mol. The molecule has 0 atom stereocenters. The number of methoxy groups -OCH3 is 1. The van der Waals surface area contributed by atoms with Crippen LogP contribution in [0.5, 0.6) is 0 Å². The first-order valence-corrected chi connectivity index (χ1v) is 11.6. The Kier molecular flexibility index (Phi) is 6.97. The minimum atomic E-state index is -4.08. The van der Waals surface area contributed by atoms with E-state index in [0.717, 1.165) is 11.3 Å². The van der Waals surface area contributed by atoms with Gasteiger partial charge in [-0.15, -0.1) is 0 Å². The molecule has 0 aliphatic carbocycles. The highest BCUT2D eigenvalue weighted by atomic mass is 32.2. The fourth-order valence-corrected chi connectivity index (χ4v) is 4.83. The molecule has 0 saturated carbocycles. The van der Waals surface area contributed by atoms with Gasteiger partial charge in [0.05, 0.1) is 16.8 Å². The van der Waals surface area contributed by atoms with Crippen molar-refractivity contribution in [1.29, 1.82) is 0 Å².